The van der Waals surface area contributed by atoms with Gasteiger partial charge in [0.25, 0.3) is 5.91 Å². The number of carbonyl (C=O) groups is 2. The van der Waals surface area contributed by atoms with Gasteiger partial charge in [0.15, 0.2) is 0 Å². The van der Waals surface area contributed by atoms with Crippen molar-refractivity contribution in [3.63, 3.8) is 0 Å². The molecule has 0 saturated heterocycles. The minimum atomic E-state index is -0.501. The Bertz CT molecular complexity index is 585. The molecule has 19 heavy (non-hydrogen) atoms. The first kappa shape index (κ1) is 13.2. The van der Waals surface area contributed by atoms with Gasteiger partial charge in [0.05, 0.1) is 15.0 Å². The van der Waals surface area contributed by atoms with E-state index in [2.05, 4.69) is 14.8 Å². The standard InChI is InChI=1S/C13H11N2O3P/c16-12(9-4-2-1-3-5-9)15-11-7-6-10(8-14-11)13(17)18-19/h1-8H,19H2,(H,14,15,16). The molecule has 2 rings (SSSR count). The number of aromatic nitrogens is 1. The van der Waals surface area contributed by atoms with Crippen molar-refractivity contribution in [2.45, 2.75) is 0 Å². The second-order valence-corrected chi connectivity index (χ2v) is 3.89. The zero-order chi connectivity index (χ0) is 13.7. The Hall–Kier alpha value is -2.26. The molecule has 0 aliphatic carbocycles. The summed E-state index contributed by atoms with van der Waals surface area (Å²) in [5.41, 5.74) is 0.852. The molecule has 96 valence electrons. The first-order valence-corrected chi connectivity index (χ1v) is 5.91. The predicted molar refractivity (Wildman–Crippen MR) is 73.8 cm³/mol. The SMILES string of the molecule is O=C(Nc1ccc(C(=O)OP)cn1)c1ccccc1. The van der Waals surface area contributed by atoms with Crippen LogP contribution in [0.2, 0.25) is 0 Å². The summed E-state index contributed by atoms with van der Waals surface area (Å²) in [5, 5.41) is 2.63. The van der Waals surface area contributed by atoms with Crippen molar-refractivity contribution in [3.8, 4) is 0 Å². The minimum absolute atomic E-state index is 0.255. The van der Waals surface area contributed by atoms with E-state index in [-0.39, 0.29) is 5.91 Å². The lowest BCUT2D eigenvalue weighted by Crippen LogP contribution is -2.13. The van der Waals surface area contributed by atoms with Gasteiger partial charge in [0.2, 0.25) is 0 Å². The lowest BCUT2D eigenvalue weighted by atomic mass is 10.2. The van der Waals surface area contributed by atoms with Crippen molar-refractivity contribution in [2.75, 3.05) is 5.32 Å². The Morgan fingerprint density at radius 3 is 2.37 bits per heavy atom. The Labute approximate surface area is 112 Å². The number of nitrogens with zero attached hydrogens (tertiary/aromatic N) is 1. The van der Waals surface area contributed by atoms with E-state index in [1.165, 1.54) is 18.3 Å². The van der Waals surface area contributed by atoms with Crippen molar-refractivity contribution >= 4 is 27.2 Å². The van der Waals surface area contributed by atoms with Crippen LogP contribution < -0.4 is 5.32 Å². The highest BCUT2D eigenvalue weighted by atomic mass is 31.0. The highest BCUT2D eigenvalue weighted by Crippen LogP contribution is 2.09. The molecule has 1 aromatic heterocycles. The number of benzene rings is 1. The largest absolute Gasteiger partial charge is 0.448 e. The van der Waals surface area contributed by atoms with E-state index >= 15 is 0 Å². The van der Waals surface area contributed by atoms with Crippen molar-refractivity contribution in [1.82, 2.24) is 4.98 Å². The second kappa shape index (κ2) is 6.07. The lowest BCUT2D eigenvalue weighted by molar-refractivity contribution is 0.0765. The summed E-state index contributed by atoms with van der Waals surface area (Å²) in [4.78, 5) is 27.0. The molecule has 1 N–H and O–H groups in total. The minimum Gasteiger partial charge on any atom is -0.448 e. The summed E-state index contributed by atoms with van der Waals surface area (Å²) in [6, 6.07) is 11.9. The maximum atomic E-state index is 11.8. The monoisotopic (exact) mass is 274 g/mol. The van der Waals surface area contributed by atoms with Gasteiger partial charge in [-0.05, 0) is 24.3 Å². The van der Waals surface area contributed by atoms with Gasteiger partial charge in [-0.3, -0.25) is 4.79 Å². The van der Waals surface area contributed by atoms with Crippen LogP contribution in [0.25, 0.3) is 0 Å². The van der Waals surface area contributed by atoms with E-state index in [0.717, 1.165) is 0 Å². The molecule has 5 nitrogen and oxygen atoms in total. The fourth-order valence-electron chi connectivity index (χ4n) is 1.43. The molecule has 0 aliphatic rings. The van der Waals surface area contributed by atoms with Crippen molar-refractivity contribution in [2.24, 2.45) is 0 Å². The lowest BCUT2D eigenvalue weighted by Gasteiger charge is -2.04. The fourth-order valence-corrected chi connectivity index (χ4v) is 1.57. The van der Waals surface area contributed by atoms with Gasteiger partial charge in [-0.15, -0.1) is 0 Å². The highest BCUT2D eigenvalue weighted by Gasteiger charge is 2.08. The zero-order valence-corrected chi connectivity index (χ0v) is 11.0. The molecule has 1 heterocycles. The second-order valence-electron chi connectivity index (χ2n) is 3.66. The summed E-state index contributed by atoms with van der Waals surface area (Å²) in [6.07, 6.45) is 1.34. The molecule has 0 saturated carbocycles. The molecule has 1 atom stereocenters. The van der Waals surface area contributed by atoms with E-state index in [9.17, 15) is 9.59 Å². The number of hydrogen-bond donors (Lipinski definition) is 1. The predicted octanol–water partition coefficient (Wildman–Crippen LogP) is 2.28. The summed E-state index contributed by atoms with van der Waals surface area (Å²) in [7, 11) is 1.87. The molecule has 0 bridgehead atoms. The first-order chi connectivity index (χ1) is 9.20. The van der Waals surface area contributed by atoms with Gasteiger partial charge in [-0.2, -0.15) is 0 Å². The number of pyridine rings is 1. The zero-order valence-electron chi connectivity index (χ0n) is 9.87. The number of carbonyl (C=O) groups excluding carboxylic acids is 2. The molecule has 1 amide bonds. The fraction of sp³-hybridized carbons (Fsp3) is 0. The molecular formula is C13H11N2O3P. The first-order valence-electron chi connectivity index (χ1n) is 5.44. The van der Waals surface area contributed by atoms with Crippen molar-refractivity contribution < 1.29 is 14.1 Å². The van der Waals surface area contributed by atoms with E-state index < -0.39 is 5.97 Å². The van der Waals surface area contributed by atoms with E-state index in [1.54, 1.807) is 24.3 Å². The number of hydrogen-bond acceptors (Lipinski definition) is 4. The quantitative estimate of drug-likeness (QED) is 0.872. The van der Waals surface area contributed by atoms with Gasteiger partial charge in [0.1, 0.15) is 5.82 Å². The molecule has 1 unspecified atom stereocenters. The number of nitrogens with one attached hydrogen (secondary N) is 1. The smallest absolute Gasteiger partial charge is 0.341 e. The van der Waals surface area contributed by atoms with Crippen molar-refractivity contribution in [3.05, 3.63) is 59.8 Å². The van der Waals surface area contributed by atoms with Crippen molar-refractivity contribution in [1.29, 1.82) is 0 Å². The molecule has 0 spiro atoms. The Morgan fingerprint density at radius 2 is 1.79 bits per heavy atom. The maximum Gasteiger partial charge on any atom is 0.341 e. The third-order valence-electron chi connectivity index (χ3n) is 2.38. The average Bonchev–Trinajstić information content (AvgIpc) is 2.48. The number of anilines is 1. The summed E-state index contributed by atoms with van der Waals surface area (Å²) in [5.74, 6) is -0.387. The number of rotatable bonds is 3. The summed E-state index contributed by atoms with van der Waals surface area (Å²) < 4.78 is 4.48. The Balaban J connectivity index is 2.08. The number of amides is 1. The topological polar surface area (TPSA) is 68.3 Å². The van der Waals surface area contributed by atoms with Crippen LogP contribution in [0.4, 0.5) is 5.82 Å². The molecular weight excluding hydrogens is 263 g/mol. The van der Waals surface area contributed by atoms with Crippen LogP contribution in [-0.2, 0) is 4.52 Å². The molecule has 0 radical (unpaired) electrons. The van der Waals surface area contributed by atoms with E-state index in [4.69, 9.17) is 0 Å². The molecule has 6 heteroatoms. The van der Waals surface area contributed by atoms with Crippen LogP contribution >= 0.6 is 9.47 Å². The van der Waals surface area contributed by atoms with Gasteiger partial charge in [0, 0.05) is 11.8 Å². The van der Waals surface area contributed by atoms with Gasteiger partial charge >= 0.3 is 5.97 Å². The molecule has 0 aliphatic heterocycles. The van der Waals surface area contributed by atoms with Crippen LogP contribution in [0.3, 0.4) is 0 Å². The maximum absolute atomic E-state index is 11.8. The van der Waals surface area contributed by atoms with Crippen LogP contribution in [-0.4, -0.2) is 16.9 Å². The normalized spacial score (nSPS) is 9.74. The van der Waals surface area contributed by atoms with Gasteiger partial charge in [-0.1, -0.05) is 18.2 Å². The van der Waals surface area contributed by atoms with Crippen LogP contribution in [0, 0.1) is 0 Å². The summed E-state index contributed by atoms with van der Waals surface area (Å²) in [6.45, 7) is 0. The van der Waals surface area contributed by atoms with Crippen LogP contribution in [0.1, 0.15) is 20.7 Å². The Kier molecular flexibility index (Phi) is 4.21. The Morgan fingerprint density at radius 1 is 1.05 bits per heavy atom. The van der Waals surface area contributed by atoms with E-state index in [0.29, 0.717) is 16.9 Å². The van der Waals surface area contributed by atoms with Crippen LogP contribution in [0.5, 0.6) is 0 Å². The van der Waals surface area contributed by atoms with Gasteiger partial charge in [-0.25, -0.2) is 9.78 Å². The van der Waals surface area contributed by atoms with Gasteiger partial charge < -0.3 is 9.84 Å². The molecule has 0 fully saturated rings. The third-order valence-corrected chi connectivity index (χ3v) is 2.60. The molecule has 1 aromatic carbocycles. The third kappa shape index (κ3) is 3.36. The van der Waals surface area contributed by atoms with Crippen LogP contribution in [0.15, 0.2) is 48.7 Å². The highest BCUT2D eigenvalue weighted by molar-refractivity contribution is 7.10. The summed E-state index contributed by atoms with van der Waals surface area (Å²) >= 11 is 0. The molecule has 2 aromatic rings. The van der Waals surface area contributed by atoms with E-state index in [1.807, 2.05) is 15.5 Å². The average molecular weight is 274 g/mol.